The molecular weight excluding hydrogens is 216 g/mol. The highest BCUT2D eigenvalue weighted by Crippen LogP contribution is 2.11. The highest BCUT2D eigenvalue weighted by Gasteiger charge is 2.24. The molecule has 0 aliphatic carbocycles. The summed E-state index contributed by atoms with van der Waals surface area (Å²) in [6.07, 6.45) is 2.12. The fourth-order valence-corrected chi connectivity index (χ4v) is 1.89. The topological polar surface area (TPSA) is 82.2 Å². The maximum absolute atomic E-state index is 11.7. The van der Waals surface area contributed by atoms with Crippen LogP contribution in [0.1, 0.15) is 40.0 Å². The van der Waals surface area contributed by atoms with Gasteiger partial charge in [0.15, 0.2) is 0 Å². The van der Waals surface area contributed by atoms with Crippen molar-refractivity contribution in [1.82, 2.24) is 10.3 Å². The number of hydrogen-bond acceptors (Lipinski definition) is 4. The molecule has 0 fully saturated rings. The Morgan fingerprint density at radius 2 is 2.18 bits per heavy atom. The number of hydrogen-bond donors (Lipinski definition) is 2. The monoisotopic (exact) mass is 240 g/mol. The van der Waals surface area contributed by atoms with Gasteiger partial charge in [-0.2, -0.15) is 5.26 Å². The molecule has 5 nitrogen and oxygen atoms in total. The van der Waals surface area contributed by atoms with Crippen molar-refractivity contribution in [2.24, 2.45) is 11.8 Å². The van der Waals surface area contributed by atoms with Crippen LogP contribution in [0.25, 0.3) is 0 Å². The lowest BCUT2D eigenvalue weighted by molar-refractivity contribution is -0.127. The van der Waals surface area contributed by atoms with Crippen LogP contribution in [0.5, 0.6) is 0 Å². The summed E-state index contributed by atoms with van der Waals surface area (Å²) in [5, 5.41) is 8.65. The quantitative estimate of drug-likeness (QED) is 0.377. The van der Waals surface area contributed by atoms with Crippen LogP contribution in [0.15, 0.2) is 0 Å². The van der Waals surface area contributed by atoms with Crippen LogP contribution in [0.2, 0.25) is 0 Å². The molecule has 0 spiro atoms. The van der Waals surface area contributed by atoms with Crippen LogP contribution < -0.4 is 11.3 Å². The highest BCUT2D eigenvalue weighted by atomic mass is 16.2. The van der Waals surface area contributed by atoms with Crippen LogP contribution in [0.3, 0.4) is 0 Å². The first-order valence-electron chi connectivity index (χ1n) is 6.18. The molecule has 1 atom stereocenters. The molecule has 0 bridgehead atoms. The van der Waals surface area contributed by atoms with E-state index in [0.717, 1.165) is 19.4 Å². The number of nitrogens with two attached hydrogens (primary N) is 1. The molecule has 0 rings (SSSR count). The fourth-order valence-electron chi connectivity index (χ4n) is 1.89. The molecule has 0 aromatic carbocycles. The van der Waals surface area contributed by atoms with Gasteiger partial charge in [-0.1, -0.05) is 27.2 Å². The van der Waals surface area contributed by atoms with E-state index in [-0.39, 0.29) is 11.9 Å². The minimum Gasteiger partial charge on any atom is -0.293 e. The Bertz CT molecular complexity index is 260. The zero-order valence-electron chi connectivity index (χ0n) is 11.1. The minimum atomic E-state index is -0.222. The van der Waals surface area contributed by atoms with Crippen molar-refractivity contribution in [2.45, 2.75) is 46.1 Å². The lowest BCUT2D eigenvalue weighted by Gasteiger charge is -2.30. The molecule has 0 aliphatic heterocycles. The van der Waals surface area contributed by atoms with Gasteiger partial charge in [-0.15, -0.1) is 0 Å². The number of nitrogens with one attached hydrogen (secondary N) is 1. The van der Waals surface area contributed by atoms with Crippen LogP contribution in [-0.2, 0) is 4.79 Å². The molecule has 3 N–H and O–H groups in total. The largest absolute Gasteiger partial charge is 0.293 e. The number of carbonyl (C=O) groups excluding carboxylic acids is 1. The molecule has 0 aromatic heterocycles. The Morgan fingerprint density at radius 3 is 2.59 bits per heavy atom. The van der Waals surface area contributed by atoms with Crippen LogP contribution in [0.4, 0.5) is 0 Å². The maximum atomic E-state index is 11.7. The van der Waals surface area contributed by atoms with Gasteiger partial charge in [0.25, 0.3) is 5.91 Å². The average Bonchev–Trinajstić information content (AvgIpc) is 2.30. The van der Waals surface area contributed by atoms with E-state index in [4.69, 9.17) is 11.1 Å². The number of carbonyl (C=O) groups is 1. The van der Waals surface area contributed by atoms with Crippen molar-refractivity contribution in [3.05, 3.63) is 0 Å². The molecule has 0 saturated carbocycles. The predicted octanol–water partition coefficient (Wildman–Crippen LogP) is 1.02. The third-order valence-electron chi connectivity index (χ3n) is 2.56. The number of amides is 1. The van der Waals surface area contributed by atoms with E-state index in [2.05, 4.69) is 30.2 Å². The molecule has 0 aromatic rings. The van der Waals surface area contributed by atoms with E-state index in [0.29, 0.717) is 18.9 Å². The highest BCUT2D eigenvalue weighted by molar-refractivity contribution is 5.81. The summed E-state index contributed by atoms with van der Waals surface area (Å²) in [7, 11) is 0. The number of nitriles is 1. The Labute approximate surface area is 104 Å². The zero-order chi connectivity index (χ0) is 13.3. The van der Waals surface area contributed by atoms with Gasteiger partial charge in [0, 0.05) is 19.5 Å². The second-order valence-corrected chi connectivity index (χ2v) is 4.61. The van der Waals surface area contributed by atoms with Gasteiger partial charge in [-0.25, -0.2) is 5.84 Å². The zero-order valence-corrected chi connectivity index (χ0v) is 11.1. The Balaban J connectivity index is 4.66. The second-order valence-electron chi connectivity index (χ2n) is 4.61. The molecule has 17 heavy (non-hydrogen) atoms. The first-order chi connectivity index (χ1) is 8.06. The van der Waals surface area contributed by atoms with Gasteiger partial charge in [-0.05, 0) is 12.3 Å². The van der Waals surface area contributed by atoms with Crippen molar-refractivity contribution in [2.75, 3.05) is 13.1 Å². The number of nitrogens with zero attached hydrogens (tertiary/aromatic N) is 2. The van der Waals surface area contributed by atoms with Gasteiger partial charge < -0.3 is 0 Å². The van der Waals surface area contributed by atoms with Crippen molar-refractivity contribution in [1.29, 1.82) is 5.26 Å². The van der Waals surface area contributed by atoms with Crippen LogP contribution >= 0.6 is 0 Å². The fraction of sp³-hybridized carbons (Fsp3) is 0.833. The SMILES string of the molecule is CCCC(C(=O)NN)N(CCC#N)CC(C)C. The molecule has 5 heteroatoms. The normalized spacial score (nSPS) is 12.5. The summed E-state index contributed by atoms with van der Waals surface area (Å²) in [5.74, 6) is 5.50. The second kappa shape index (κ2) is 8.97. The number of hydrazine groups is 1. The Hall–Kier alpha value is -1.12. The predicted molar refractivity (Wildman–Crippen MR) is 67.7 cm³/mol. The van der Waals surface area contributed by atoms with Crippen LogP contribution in [0, 0.1) is 17.2 Å². The van der Waals surface area contributed by atoms with Crippen molar-refractivity contribution in [3.8, 4) is 6.07 Å². The first-order valence-corrected chi connectivity index (χ1v) is 6.18. The van der Waals surface area contributed by atoms with E-state index >= 15 is 0 Å². The van der Waals surface area contributed by atoms with Crippen molar-refractivity contribution >= 4 is 5.91 Å². The van der Waals surface area contributed by atoms with E-state index in [1.165, 1.54) is 0 Å². The molecule has 98 valence electrons. The van der Waals surface area contributed by atoms with E-state index in [1.807, 2.05) is 6.92 Å². The van der Waals surface area contributed by atoms with Gasteiger partial charge in [0.2, 0.25) is 0 Å². The average molecular weight is 240 g/mol. The van der Waals surface area contributed by atoms with Gasteiger partial charge in [0.05, 0.1) is 12.1 Å². The molecule has 1 unspecified atom stereocenters. The summed E-state index contributed by atoms with van der Waals surface area (Å²) in [6.45, 7) is 7.66. The lowest BCUT2D eigenvalue weighted by Crippen LogP contribution is -2.50. The third kappa shape index (κ3) is 6.25. The smallest absolute Gasteiger partial charge is 0.251 e. The summed E-state index contributed by atoms with van der Waals surface area (Å²) < 4.78 is 0. The van der Waals surface area contributed by atoms with Crippen molar-refractivity contribution < 1.29 is 4.79 Å². The summed E-state index contributed by atoms with van der Waals surface area (Å²) in [4.78, 5) is 13.8. The standard InChI is InChI=1S/C12H24N4O/c1-4-6-11(12(17)15-14)16(8-5-7-13)9-10(2)3/h10-11H,4-6,8-9,14H2,1-3H3,(H,15,17). The van der Waals surface area contributed by atoms with Crippen LogP contribution in [-0.4, -0.2) is 29.9 Å². The lowest BCUT2D eigenvalue weighted by atomic mass is 10.1. The van der Waals surface area contributed by atoms with E-state index < -0.39 is 0 Å². The number of rotatable bonds is 8. The molecular formula is C12H24N4O. The van der Waals surface area contributed by atoms with E-state index in [1.54, 1.807) is 0 Å². The summed E-state index contributed by atoms with van der Waals surface area (Å²) in [6, 6.07) is 1.90. The summed E-state index contributed by atoms with van der Waals surface area (Å²) >= 11 is 0. The molecule has 1 amide bonds. The minimum absolute atomic E-state index is 0.162. The van der Waals surface area contributed by atoms with Gasteiger partial charge in [-0.3, -0.25) is 15.1 Å². The molecule has 0 saturated heterocycles. The maximum Gasteiger partial charge on any atom is 0.251 e. The molecule has 0 heterocycles. The van der Waals surface area contributed by atoms with Gasteiger partial charge in [0.1, 0.15) is 0 Å². The summed E-state index contributed by atoms with van der Waals surface area (Å²) in [5.41, 5.74) is 2.22. The van der Waals surface area contributed by atoms with Gasteiger partial charge >= 0.3 is 0 Å². The van der Waals surface area contributed by atoms with Crippen molar-refractivity contribution in [3.63, 3.8) is 0 Å². The third-order valence-corrected chi connectivity index (χ3v) is 2.56. The first kappa shape index (κ1) is 15.9. The molecule has 0 radical (unpaired) electrons. The Morgan fingerprint density at radius 1 is 1.53 bits per heavy atom. The Kier molecular flexibility index (Phi) is 8.38. The van der Waals surface area contributed by atoms with E-state index in [9.17, 15) is 4.79 Å². The molecule has 0 aliphatic rings.